The number of rotatable bonds is 2. The summed E-state index contributed by atoms with van der Waals surface area (Å²) in [5.74, 6) is -1.05. The Hall–Kier alpha value is -3.10. The Morgan fingerprint density at radius 2 is 1.93 bits per heavy atom. The van der Waals surface area contributed by atoms with Crippen molar-refractivity contribution in [3.05, 3.63) is 35.3 Å². The Morgan fingerprint density at radius 3 is 2.55 bits per heavy atom. The van der Waals surface area contributed by atoms with Crippen LogP contribution in [0.1, 0.15) is 55.6 Å². The van der Waals surface area contributed by atoms with Gasteiger partial charge in [-0.15, -0.1) is 0 Å². The summed E-state index contributed by atoms with van der Waals surface area (Å²) in [6.07, 6.45) is 1.26. The maximum absolute atomic E-state index is 13.8. The molecule has 9 heteroatoms. The molecule has 0 radical (unpaired) electrons. The number of benzene rings is 1. The summed E-state index contributed by atoms with van der Waals surface area (Å²) in [4.78, 5) is 30.1. The number of nitrogens with one attached hydrogen (secondary N) is 1. The topological polar surface area (TPSA) is 106 Å². The normalized spacial score (nSPS) is 15.9. The zero-order valence-corrected chi connectivity index (χ0v) is 16.7. The number of nitrogens with zero attached hydrogens (tertiary/aromatic N) is 3. The second kappa shape index (κ2) is 6.75. The molecule has 0 atom stereocenters. The van der Waals surface area contributed by atoms with Gasteiger partial charge in [-0.05, 0) is 39.7 Å². The minimum atomic E-state index is -0.710. The first-order chi connectivity index (χ1) is 13.6. The number of primary amides is 1. The lowest BCUT2D eigenvalue weighted by molar-refractivity contribution is 0.0204. The first-order valence-electron chi connectivity index (χ1n) is 9.61. The lowest BCUT2D eigenvalue weighted by atomic mass is 9.94. The molecule has 0 saturated carbocycles. The van der Waals surface area contributed by atoms with E-state index in [-0.39, 0.29) is 17.6 Å². The van der Waals surface area contributed by atoms with Crippen molar-refractivity contribution in [2.45, 2.75) is 45.1 Å². The number of ether oxygens (including phenoxy) is 1. The Bertz CT molecular complexity index is 1100. The molecule has 1 aliphatic heterocycles. The van der Waals surface area contributed by atoms with Gasteiger partial charge in [-0.25, -0.2) is 18.7 Å². The van der Waals surface area contributed by atoms with E-state index >= 15 is 0 Å². The molecular weight excluding hydrogens is 377 g/mol. The predicted molar refractivity (Wildman–Crippen MR) is 105 cm³/mol. The molecule has 3 heterocycles. The number of piperidine rings is 1. The SMILES string of the molecule is CC(C)(C)OC(=O)N1CCC(c2cc3nc4cc(F)cc(C(N)=O)c4n3[nH]2)CC1. The van der Waals surface area contributed by atoms with E-state index < -0.39 is 17.3 Å². The first-order valence-corrected chi connectivity index (χ1v) is 9.61. The van der Waals surface area contributed by atoms with Gasteiger partial charge < -0.3 is 15.4 Å². The van der Waals surface area contributed by atoms with Gasteiger partial charge in [0, 0.05) is 36.8 Å². The van der Waals surface area contributed by atoms with Crippen molar-refractivity contribution >= 4 is 28.7 Å². The van der Waals surface area contributed by atoms with Crippen LogP contribution in [0.2, 0.25) is 0 Å². The fraction of sp³-hybridized carbons (Fsp3) is 0.450. The molecule has 2 aromatic heterocycles. The summed E-state index contributed by atoms with van der Waals surface area (Å²) in [6.45, 7) is 6.74. The van der Waals surface area contributed by atoms with E-state index in [2.05, 4.69) is 10.1 Å². The van der Waals surface area contributed by atoms with Crippen molar-refractivity contribution in [2.75, 3.05) is 13.1 Å². The smallest absolute Gasteiger partial charge is 0.410 e. The Morgan fingerprint density at radius 1 is 1.24 bits per heavy atom. The van der Waals surface area contributed by atoms with E-state index in [0.29, 0.717) is 29.8 Å². The molecule has 1 aromatic carbocycles. The average molecular weight is 401 g/mol. The van der Waals surface area contributed by atoms with Crippen molar-refractivity contribution in [3.63, 3.8) is 0 Å². The lowest BCUT2D eigenvalue weighted by Crippen LogP contribution is -2.41. The highest BCUT2D eigenvalue weighted by Gasteiger charge is 2.28. The molecule has 8 nitrogen and oxygen atoms in total. The van der Waals surface area contributed by atoms with Crippen LogP contribution in [0.5, 0.6) is 0 Å². The molecule has 0 unspecified atom stereocenters. The van der Waals surface area contributed by atoms with E-state index in [1.807, 2.05) is 26.8 Å². The Kier molecular flexibility index (Phi) is 4.48. The highest BCUT2D eigenvalue weighted by Crippen LogP contribution is 2.30. The van der Waals surface area contributed by atoms with Crippen LogP contribution >= 0.6 is 0 Å². The molecule has 3 N–H and O–H groups in total. The number of hydrogen-bond acceptors (Lipinski definition) is 4. The van der Waals surface area contributed by atoms with E-state index in [9.17, 15) is 14.0 Å². The number of likely N-dealkylation sites (tertiary alicyclic amines) is 1. The van der Waals surface area contributed by atoms with E-state index in [0.717, 1.165) is 24.6 Å². The van der Waals surface area contributed by atoms with Gasteiger partial charge >= 0.3 is 6.09 Å². The maximum atomic E-state index is 13.8. The molecule has 29 heavy (non-hydrogen) atoms. The van der Waals surface area contributed by atoms with Crippen LogP contribution in [-0.2, 0) is 4.74 Å². The third-order valence-electron chi connectivity index (χ3n) is 5.12. The third kappa shape index (κ3) is 3.64. The number of hydrogen-bond donors (Lipinski definition) is 2. The first kappa shape index (κ1) is 19.2. The van der Waals surface area contributed by atoms with Gasteiger partial charge in [-0.2, -0.15) is 0 Å². The largest absolute Gasteiger partial charge is 0.444 e. The number of nitrogens with two attached hydrogens (primary N) is 1. The van der Waals surface area contributed by atoms with Crippen molar-refractivity contribution < 1.29 is 18.7 Å². The van der Waals surface area contributed by atoms with E-state index in [4.69, 9.17) is 10.5 Å². The molecule has 3 aromatic rings. The summed E-state index contributed by atoms with van der Waals surface area (Å²) >= 11 is 0. The molecule has 154 valence electrons. The van der Waals surface area contributed by atoms with Crippen molar-refractivity contribution in [1.82, 2.24) is 19.5 Å². The number of carbonyl (C=O) groups excluding carboxylic acids is 2. The zero-order valence-electron chi connectivity index (χ0n) is 16.7. The van der Waals surface area contributed by atoms with Crippen LogP contribution < -0.4 is 5.73 Å². The number of imidazole rings is 1. The second-order valence-corrected chi connectivity index (χ2v) is 8.44. The summed E-state index contributed by atoms with van der Waals surface area (Å²) in [5.41, 5.74) is 7.38. The lowest BCUT2D eigenvalue weighted by Gasteiger charge is -2.33. The molecule has 1 saturated heterocycles. The monoisotopic (exact) mass is 401 g/mol. The van der Waals surface area contributed by atoms with Crippen molar-refractivity contribution in [3.8, 4) is 0 Å². The molecule has 4 rings (SSSR count). The number of aromatic amines is 1. The van der Waals surface area contributed by atoms with Gasteiger partial charge in [0.2, 0.25) is 0 Å². The maximum Gasteiger partial charge on any atom is 0.410 e. The van der Waals surface area contributed by atoms with Crippen LogP contribution in [0.25, 0.3) is 16.7 Å². The summed E-state index contributed by atoms with van der Waals surface area (Å²) < 4.78 is 20.9. The fourth-order valence-electron chi connectivity index (χ4n) is 3.80. The molecule has 1 fully saturated rings. The van der Waals surface area contributed by atoms with Gasteiger partial charge in [-0.3, -0.25) is 9.89 Å². The number of aromatic nitrogens is 3. The minimum absolute atomic E-state index is 0.0839. The average Bonchev–Trinajstić information content (AvgIpc) is 3.17. The summed E-state index contributed by atoms with van der Waals surface area (Å²) in [7, 11) is 0. The van der Waals surface area contributed by atoms with E-state index in [1.165, 1.54) is 6.07 Å². The Labute approximate surface area is 166 Å². The van der Waals surface area contributed by atoms with E-state index in [1.54, 1.807) is 9.42 Å². The second-order valence-electron chi connectivity index (χ2n) is 8.44. The summed E-state index contributed by atoms with van der Waals surface area (Å²) in [6, 6.07) is 4.30. The van der Waals surface area contributed by atoms with Crippen LogP contribution in [0, 0.1) is 5.82 Å². The van der Waals surface area contributed by atoms with Crippen LogP contribution in [0.15, 0.2) is 18.2 Å². The third-order valence-corrected chi connectivity index (χ3v) is 5.12. The number of amides is 2. The van der Waals surface area contributed by atoms with Crippen molar-refractivity contribution in [2.24, 2.45) is 5.73 Å². The van der Waals surface area contributed by atoms with Gasteiger partial charge in [0.15, 0.2) is 5.65 Å². The number of carbonyl (C=O) groups is 2. The number of halogens is 1. The fourth-order valence-corrected chi connectivity index (χ4v) is 3.80. The zero-order chi connectivity index (χ0) is 20.9. The molecule has 2 amide bonds. The van der Waals surface area contributed by atoms with Gasteiger partial charge in [0.1, 0.15) is 16.9 Å². The number of H-pyrrole nitrogens is 1. The van der Waals surface area contributed by atoms with Crippen LogP contribution in [0.3, 0.4) is 0 Å². The van der Waals surface area contributed by atoms with Gasteiger partial charge in [-0.1, -0.05) is 0 Å². The standard InChI is InChI=1S/C20H24FN5O3/c1-20(2,3)29-19(28)25-6-4-11(5-7-25)14-10-16-23-15-9-12(21)8-13(18(22)27)17(15)26(16)24-14/h8-11,24H,4-7H2,1-3H3,(H2,22,27). The van der Waals surface area contributed by atoms with Crippen LogP contribution in [-0.4, -0.2) is 50.2 Å². The number of fused-ring (bicyclic) bond motifs is 3. The highest BCUT2D eigenvalue weighted by atomic mass is 19.1. The van der Waals surface area contributed by atoms with Crippen molar-refractivity contribution in [1.29, 1.82) is 0 Å². The predicted octanol–water partition coefficient (Wildman–Crippen LogP) is 3.17. The highest BCUT2D eigenvalue weighted by molar-refractivity contribution is 6.05. The summed E-state index contributed by atoms with van der Waals surface area (Å²) in [5, 5.41) is 3.27. The quantitative estimate of drug-likeness (QED) is 0.688. The van der Waals surface area contributed by atoms with Crippen LogP contribution in [0.4, 0.5) is 9.18 Å². The van der Waals surface area contributed by atoms with Gasteiger partial charge in [0.05, 0.1) is 11.1 Å². The van der Waals surface area contributed by atoms with Gasteiger partial charge in [0.25, 0.3) is 5.91 Å². The minimum Gasteiger partial charge on any atom is -0.444 e. The molecule has 0 spiro atoms. The molecule has 1 aliphatic rings. The molecular formula is C20H24FN5O3. The molecule has 0 aliphatic carbocycles. The Balaban J connectivity index is 1.57. The molecule has 0 bridgehead atoms.